The summed E-state index contributed by atoms with van der Waals surface area (Å²) in [4.78, 5) is 38.8. The molecule has 0 bridgehead atoms. The van der Waals surface area contributed by atoms with Crippen LogP contribution in [-0.2, 0) is 28.9 Å². The molecule has 1 fully saturated rings. The lowest BCUT2D eigenvalue weighted by Gasteiger charge is -2.28. The fraction of sp³-hybridized carbons (Fsp3) is 0.348. The zero-order chi connectivity index (χ0) is 21.2. The van der Waals surface area contributed by atoms with Gasteiger partial charge in [0.05, 0.1) is 18.3 Å². The molecule has 0 N–H and O–H groups in total. The molecule has 0 radical (unpaired) electrons. The third-order valence-electron chi connectivity index (χ3n) is 5.87. The summed E-state index contributed by atoms with van der Waals surface area (Å²) in [6, 6.07) is 8.40. The molecular formula is C23H23N5O2S. The molecule has 0 unspecified atom stereocenters. The highest BCUT2D eigenvalue weighted by Crippen LogP contribution is 2.30. The van der Waals surface area contributed by atoms with Gasteiger partial charge in [0.2, 0.25) is 11.8 Å². The number of hydrogen-bond donors (Lipinski definition) is 0. The minimum absolute atomic E-state index is 0.0437. The van der Waals surface area contributed by atoms with Crippen LogP contribution in [0.25, 0.3) is 10.7 Å². The van der Waals surface area contributed by atoms with E-state index >= 15 is 0 Å². The molecule has 158 valence electrons. The van der Waals surface area contributed by atoms with Gasteiger partial charge in [0, 0.05) is 37.3 Å². The summed E-state index contributed by atoms with van der Waals surface area (Å²) in [5.41, 5.74) is 4.08. The van der Waals surface area contributed by atoms with Crippen LogP contribution in [0.1, 0.15) is 29.7 Å². The summed E-state index contributed by atoms with van der Waals surface area (Å²) in [6.45, 7) is 1.18. The van der Waals surface area contributed by atoms with Gasteiger partial charge in [-0.15, -0.1) is 11.3 Å². The molecule has 0 atom stereocenters. The van der Waals surface area contributed by atoms with E-state index in [9.17, 15) is 9.59 Å². The van der Waals surface area contributed by atoms with Crippen LogP contribution >= 0.6 is 11.3 Å². The molecule has 5 rings (SSSR count). The Hall–Kier alpha value is -3.13. The SMILES string of the molecule is O=C(Cc1csc(-c2cnccn2)n1)N1CCCN1C(=O)CC1Cc2ccccc2C1. The molecule has 0 saturated carbocycles. The average Bonchev–Trinajstić information content (AvgIpc) is 3.53. The maximum atomic E-state index is 13.0. The van der Waals surface area contributed by atoms with Crippen LogP contribution in [0.15, 0.2) is 48.2 Å². The summed E-state index contributed by atoms with van der Waals surface area (Å²) in [5.74, 6) is 0.272. The second-order valence-electron chi connectivity index (χ2n) is 8.05. The van der Waals surface area contributed by atoms with Crippen molar-refractivity contribution in [3.63, 3.8) is 0 Å². The van der Waals surface area contributed by atoms with E-state index in [1.54, 1.807) is 28.6 Å². The fourth-order valence-electron chi connectivity index (χ4n) is 4.44. The van der Waals surface area contributed by atoms with E-state index in [4.69, 9.17) is 0 Å². The van der Waals surface area contributed by atoms with Gasteiger partial charge in [-0.1, -0.05) is 24.3 Å². The van der Waals surface area contributed by atoms with E-state index in [1.807, 2.05) is 5.38 Å². The van der Waals surface area contributed by atoms with Crippen LogP contribution in [0.3, 0.4) is 0 Å². The summed E-state index contributed by atoms with van der Waals surface area (Å²) in [5, 5.41) is 5.89. The molecule has 0 spiro atoms. The number of hydrazine groups is 1. The van der Waals surface area contributed by atoms with Crippen molar-refractivity contribution in [2.75, 3.05) is 13.1 Å². The first kappa shape index (κ1) is 19.8. The van der Waals surface area contributed by atoms with Crippen molar-refractivity contribution in [2.24, 2.45) is 5.92 Å². The van der Waals surface area contributed by atoms with Crippen LogP contribution < -0.4 is 0 Å². The van der Waals surface area contributed by atoms with E-state index in [0.717, 1.165) is 24.3 Å². The number of benzene rings is 1. The van der Waals surface area contributed by atoms with Crippen LogP contribution in [0, 0.1) is 5.92 Å². The molecule has 1 aliphatic carbocycles. The molecule has 1 aliphatic heterocycles. The number of fused-ring (bicyclic) bond motifs is 1. The third-order valence-corrected chi connectivity index (χ3v) is 6.79. The monoisotopic (exact) mass is 433 g/mol. The molecular weight excluding hydrogens is 410 g/mol. The van der Waals surface area contributed by atoms with Crippen molar-refractivity contribution < 1.29 is 9.59 Å². The number of thiazole rings is 1. The highest BCUT2D eigenvalue weighted by molar-refractivity contribution is 7.13. The molecule has 31 heavy (non-hydrogen) atoms. The highest BCUT2D eigenvalue weighted by Gasteiger charge is 2.33. The predicted octanol–water partition coefficient (Wildman–Crippen LogP) is 2.92. The lowest BCUT2D eigenvalue weighted by atomic mass is 10.0. The first-order valence-electron chi connectivity index (χ1n) is 10.6. The lowest BCUT2D eigenvalue weighted by Crippen LogP contribution is -2.46. The molecule has 3 heterocycles. The summed E-state index contributed by atoms with van der Waals surface area (Å²) in [7, 11) is 0. The van der Waals surface area contributed by atoms with Gasteiger partial charge in [0.1, 0.15) is 10.7 Å². The number of amides is 2. The second-order valence-corrected chi connectivity index (χ2v) is 8.90. The van der Waals surface area contributed by atoms with Crippen LogP contribution in [0.4, 0.5) is 0 Å². The highest BCUT2D eigenvalue weighted by atomic mass is 32.1. The Labute approximate surface area is 184 Å². The van der Waals surface area contributed by atoms with Gasteiger partial charge in [0.15, 0.2) is 0 Å². The van der Waals surface area contributed by atoms with Crippen molar-refractivity contribution in [1.29, 1.82) is 0 Å². The Balaban J connectivity index is 1.21. The maximum Gasteiger partial charge on any atom is 0.247 e. The predicted molar refractivity (Wildman–Crippen MR) is 117 cm³/mol. The first-order chi connectivity index (χ1) is 15.2. The summed E-state index contributed by atoms with van der Waals surface area (Å²) >= 11 is 1.44. The number of rotatable bonds is 5. The number of nitrogens with zero attached hydrogens (tertiary/aromatic N) is 5. The number of hydrogen-bond acceptors (Lipinski definition) is 6. The summed E-state index contributed by atoms with van der Waals surface area (Å²) < 4.78 is 0. The Morgan fingerprint density at radius 2 is 1.77 bits per heavy atom. The molecule has 1 aromatic carbocycles. The molecule has 8 heteroatoms. The lowest BCUT2D eigenvalue weighted by molar-refractivity contribution is -0.158. The van der Waals surface area contributed by atoms with Gasteiger partial charge >= 0.3 is 0 Å². The number of carbonyl (C=O) groups excluding carboxylic acids is 2. The standard InChI is InChI=1S/C23H23N5O2S/c29-21(12-16-10-17-4-1-2-5-18(17)11-16)27-8-3-9-28(27)22(30)13-19-15-31-23(26-19)20-14-24-6-7-25-20/h1-2,4-7,14-16H,3,8-13H2. The largest absolute Gasteiger partial charge is 0.273 e. The minimum atomic E-state index is -0.0865. The van der Waals surface area contributed by atoms with Gasteiger partial charge in [-0.2, -0.15) is 0 Å². The zero-order valence-corrected chi connectivity index (χ0v) is 17.9. The average molecular weight is 434 g/mol. The van der Waals surface area contributed by atoms with Crippen molar-refractivity contribution in [3.05, 3.63) is 65.1 Å². The number of carbonyl (C=O) groups is 2. The number of aromatic nitrogens is 3. The Morgan fingerprint density at radius 3 is 2.48 bits per heavy atom. The third kappa shape index (κ3) is 4.20. The van der Waals surface area contributed by atoms with Crippen LogP contribution in [-0.4, -0.2) is 49.9 Å². The smallest absolute Gasteiger partial charge is 0.247 e. The van der Waals surface area contributed by atoms with Gasteiger partial charge in [-0.3, -0.25) is 29.6 Å². The van der Waals surface area contributed by atoms with Crippen LogP contribution in [0.5, 0.6) is 0 Å². The van der Waals surface area contributed by atoms with Crippen molar-refractivity contribution in [2.45, 2.75) is 32.1 Å². The molecule has 2 aromatic heterocycles. The van der Waals surface area contributed by atoms with Gasteiger partial charge in [-0.25, -0.2) is 4.98 Å². The van der Waals surface area contributed by atoms with E-state index in [2.05, 4.69) is 39.2 Å². The fourth-order valence-corrected chi connectivity index (χ4v) is 5.22. The molecule has 1 saturated heterocycles. The second kappa shape index (κ2) is 8.55. The molecule has 2 amide bonds. The summed E-state index contributed by atoms with van der Waals surface area (Å²) in [6.07, 6.45) is 8.24. The molecule has 2 aliphatic rings. The first-order valence-corrected chi connectivity index (χ1v) is 11.4. The Kier molecular flexibility index (Phi) is 5.46. The quantitative estimate of drug-likeness (QED) is 0.618. The Morgan fingerprint density at radius 1 is 1.03 bits per heavy atom. The normalized spacial score (nSPS) is 16.0. The van der Waals surface area contributed by atoms with Gasteiger partial charge in [0.25, 0.3) is 0 Å². The van der Waals surface area contributed by atoms with Gasteiger partial charge in [-0.05, 0) is 36.3 Å². The van der Waals surface area contributed by atoms with Crippen molar-refractivity contribution in [3.8, 4) is 10.7 Å². The molecule has 7 nitrogen and oxygen atoms in total. The van der Waals surface area contributed by atoms with Gasteiger partial charge < -0.3 is 0 Å². The molecule has 3 aromatic rings. The van der Waals surface area contributed by atoms with E-state index < -0.39 is 0 Å². The van der Waals surface area contributed by atoms with Crippen molar-refractivity contribution >= 4 is 23.2 Å². The minimum Gasteiger partial charge on any atom is -0.273 e. The zero-order valence-electron chi connectivity index (χ0n) is 17.1. The van der Waals surface area contributed by atoms with E-state index in [-0.39, 0.29) is 18.2 Å². The van der Waals surface area contributed by atoms with E-state index in [0.29, 0.717) is 36.8 Å². The topological polar surface area (TPSA) is 79.3 Å². The van der Waals surface area contributed by atoms with Crippen LogP contribution in [0.2, 0.25) is 0 Å². The van der Waals surface area contributed by atoms with E-state index in [1.165, 1.54) is 22.5 Å². The van der Waals surface area contributed by atoms with Crippen molar-refractivity contribution in [1.82, 2.24) is 25.0 Å². The Bertz CT molecular complexity index is 1080. The maximum absolute atomic E-state index is 13.0.